The number of hydrogen-bond acceptors (Lipinski definition) is 3. The molecular weight excluding hydrogens is 397 g/mol. The third kappa shape index (κ3) is 3.16. The number of benzene rings is 2. The summed E-state index contributed by atoms with van der Waals surface area (Å²) in [6.07, 6.45) is 0. The minimum Gasteiger partial charge on any atom is -0.450 e. The molecule has 104 valence electrons. The lowest BCUT2D eigenvalue weighted by molar-refractivity contribution is -0.385. The number of halogens is 3. The highest BCUT2D eigenvalue weighted by Gasteiger charge is 2.20. The Hall–Kier alpha value is -1.47. The summed E-state index contributed by atoms with van der Waals surface area (Å²) in [4.78, 5) is 10.4. The summed E-state index contributed by atoms with van der Waals surface area (Å²) in [5, 5.41) is 11.5. The molecule has 0 saturated heterocycles. The summed E-state index contributed by atoms with van der Waals surface area (Å²) >= 11 is 6.22. The van der Waals surface area contributed by atoms with Crippen molar-refractivity contribution < 1.29 is 14.1 Å². The zero-order chi connectivity index (χ0) is 14.7. The highest BCUT2D eigenvalue weighted by atomic mass is 79.9. The average molecular weight is 405 g/mol. The van der Waals surface area contributed by atoms with Crippen LogP contribution < -0.4 is 4.74 Å². The van der Waals surface area contributed by atoms with Crippen LogP contribution in [0.1, 0.15) is 5.56 Å². The van der Waals surface area contributed by atoms with Gasteiger partial charge in [-0.2, -0.15) is 0 Å². The Bertz CT molecular complexity index is 664. The molecule has 0 spiro atoms. The maximum absolute atomic E-state index is 13.5. The summed E-state index contributed by atoms with van der Waals surface area (Å²) in [5.74, 6) is -0.319. The lowest BCUT2D eigenvalue weighted by Gasteiger charge is -2.10. The molecule has 20 heavy (non-hydrogen) atoms. The van der Waals surface area contributed by atoms with E-state index >= 15 is 0 Å². The molecule has 0 amide bonds. The van der Waals surface area contributed by atoms with Crippen molar-refractivity contribution in [3.05, 3.63) is 62.4 Å². The Labute approximate surface area is 131 Å². The third-order valence-corrected chi connectivity index (χ3v) is 3.75. The van der Waals surface area contributed by atoms with Crippen molar-refractivity contribution in [3.63, 3.8) is 0 Å². The zero-order valence-corrected chi connectivity index (χ0v) is 13.1. The second-order valence-corrected chi connectivity index (χ2v) is 5.25. The van der Waals surface area contributed by atoms with Crippen LogP contribution in [-0.4, -0.2) is 4.92 Å². The van der Waals surface area contributed by atoms with Crippen LogP contribution in [0.25, 0.3) is 0 Å². The average Bonchev–Trinajstić information content (AvgIpc) is 2.43. The first-order valence-corrected chi connectivity index (χ1v) is 7.39. The number of alkyl halides is 1. The first-order valence-electron chi connectivity index (χ1n) is 5.48. The molecule has 0 atom stereocenters. The van der Waals surface area contributed by atoms with Gasteiger partial charge in [0.05, 0.1) is 9.40 Å². The number of ether oxygens (including phenoxy) is 1. The van der Waals surface area contributed by atoms with Crippen LogP contribution in [0.3, 0.4) is 0 Å². The number of nitrogens with zero attached hydrogens (tertiary/aromatic N) is 1. The molecule has 0 saturated carbocycles. The molecule has 0 fully saturated rings. The van der Waals surface area contributed by atoms with E-state index in [9.17, 15) is 14.5 Å². The van der Waals surface area contributed by atoms with Crippen LogP contribution in [0.2, 0.25) is 0 Å². The lowest BCUT2D eigenvalue weighted by atomic mass is 10.2. The second-order valence-electron chi connectivity index (χ2n) is 3.83. The van der Waals surface area contributed by atoms with E-state index in [0.29, 0.717) is 11.1 Å². The van der Waals surface area contributed by atoms with Gasteiger partial charge in [0.2, 0.25) is 5.75 Å². The molecule has 0 N–H and O–H groups in total. The molecule has 0 aromatic heterocycles. The Morgan fingerprint density at radius 3 is 2.60 bits per heavy atom. The summed E-state index contributed by atoms with van der Waals surface area (Å²) in [6, 6.07) is 9.11. The van der Waals surface area contributed by atoms with Gasteiger partial charge in [-0.3, -0.25) is 10.1 Å². The Morgan fingerprint density at radius 2 is 1.95 bits per heavy atom. The molecule has 0 radical (unpaired) electrons. The van der Waals surface area contributed by atoms with E-state index in [0.717, 1.165) is 17.7 Å². The predicted octanol–water partition coefficient (Wildman–Crippen LogP) is 5.18. The molecule has 2 aromatic rings. The summed E-state index contributed by atoms with van der Waals surface area (Å²) < 4.78 is 19.1. The van der Waals surface area contributed by atoms with Crippen molar-refractivity contribution in [2.24, 2.45) is 0 Å². The maximum atomic E-state index is 13.5. The molecule has 0 aliphatic heterocycles. The molecule has 0 aliphatic rings. The quantitative estimate of drug-likeness (QED) is 0.400. The summed E-state index contributed by atoms with van der Waals surface area (Å²) in [6.45, 7) is 0. The van der Waals surface area contributed by atoms with E-state index in [-0.39, 0.29) is 15.9 Å². The van der Waals surface area contributed by atoms with Gasteiger partial charge < -0.3 is 4.74 Å². The summed E-state index contributed by atoms with van der Waals surface area (Å²) in [5.41, 5.74) is 0.507. The minimum absolute atomic E-state index is 0.0188. The zero-order valence-electron chi connectivity index (χ0n) is 9.98. The monoisotopic (exact) mass is 403 g/mol. The van der Waals surface area contributed by atoms with E-state index in [1.54, 1.807) is 12.1 Å². The molecule has 0 unspecified atom stereocenters. The number of para-hydroxylation sites is 1. The van der Waals surface area contributed by atoms with Gasteiger partial charge in [-0.05, 0) is 22.0 Å². The van der Waals surface area contributed by atoms with Gasteiger partial charge in [-0.1, -0.05) is 34.1 Å². The first-order chi connectivity index (χ1) is 9.52. The Kier molecular flexibility index (Phi) is 4.72. The molecule has 2 aromatic carbocycles. The normalized spacial score (nSPS) is 10.3. The van der Waals surface area contributed by atoms with Crippen LogP contribution in [0.5, 0.6) is 11.5 Å². The molecule has 7 heteroatoms. The molecule has 0 heterocycles. The van der Waals surface area contributed by atoms with Crippen molar-refractivity contribution in [1.29, 1.82) is 0 Å². The van der Waals surface area contributed by atoms with E-state index in [1.807, 2.05) is 12.1 Å². The Morgan fingerprint density at radius 1 is 1.25 bits per heavy atom. The van der Waals surface area contributed by atoms with Crippen molar-refractivity contribution in [2.45, 2.75) is 5.33 Å². The van der Waals surface area contributed by atoms with E-state index in [2.05, 4.69) is 31.9 Å². The predicted molar refractivity (Wildman–Crippen MR) is 79.9 cm³/mol. The van der Waals surface area contributed by atoms with Crippen molar-refractivity contribution in [2.75, 3.05) is 0 Å². The Balaban J connectivity index is 2.47. The van der Waals surface area contributed by atoms with Gasteiger partial charge in [-0.25, -0.2) is 4.39 Å². The number of nitro groups is 1. The molecular formula is C13H8Br2FNO3. The van der Waals surface area contributed by atoms with Crippen molar-refractivity contribution >= 4 is 37.5 Å². The minimum atomic E-state index is -0.623. The smallest absolute Gasteiger partial charge is 0.312 e. The molecule has 0 aliphatic carbocycles. The van der Waals surface area contributed by atoms with Crippen LogP contribution in [0, 0.1) is 15.9 Å². The van der Waals surface area contributed by atoms with Crippen LogP contribution in [0.15, 0.2) is 40.9 Å². The van der Waals surface area contributed by atoms with Gasteiger partial charge in [0, 0.05) is 23.0 Å². The van der Waals surface area contributed by atoms with Gasteiger partial charge in [0.1, 0.15) is 11.6 Å². The highest BCUT2D eigenvalue weighted by Crippen LogP contribution is 2.36. The van der Waals surface area contributed by atoms with Crippen molar-refractivity contribution in [1.82, 2.24) is 0 Å². The second kappa shape index (κ2) is 6.32. The fourth-order valence-electron chi connectivity index (χ4n) is 1.57. The SMILES string of the molecule is O=[N+]([O-])c1cc(Br)c(F)cc1Oc1ccccc1CBr. The topological polar surface area (TPSA) is 52.4 Å². The van der Waals surface area contributed by atoms with Gasteiger partial charge in [-0.15, -0.1) is 0 Å². The number of nitro benzene ring substituents is 1. The van der Waals surface area contributed by atoms with Crippen LogP contribution in [-0.2, 0) is 5.33 Å². The van der Waals surface area contributed by atoms with E-state index < -0.39 is 10.7 Å². The lowest BCUT2D eigenvalue weighted by Crippen LogP contribution is -1.96. The molecule has 0 bridgehead atoms. The number of rotatable bonds is 4. The van der Waals surface area contributed by atoms with E-state index in [1.165, 1.54) is 0 Å². The first kappa shape index (κ1) is 14.9. The van der Waals surface area contributed by atoms with Crippen molar-refractivity contribution in [3.8, 4) is 11.5 Å². The highest BCUT2D eigenvalue weighted by molar-refractivity contribution is 9.10. The molecule has 2 rings (SSSR count). The van der Waals surface area contributed by atoms with Gasteiger partial charge >= 0.3 is 5.69 Å². The van der Waals surface area contributed by atoms with Crippen LogP contribution >= 0.6 is 31.9 Å². The third-order valence-electron chi connectivity index (χ3n) is 2.54. The standard InChI is InChI=1S/C13H8Br2FNO3/c14-7-8-3-1-2-4-12(8)20-13-6-10(16)9(15)5-11(13)17(18)19/h1-6H,7H2. The van der Waals surface area contributed by atoms with Gasteiger partial charge in [0.15, 0.2) is 0 Å². The maximum Gasteiger partial charge on any atom is 0.312 e. The van der Waals surface area contributed by atoms with Gasteiger partial charge in [0.25, 0.3) is 0 Å². The fraction of sp³-hybridized carbons (Fsp3) is 0.0769. The fourth-order valence-corrected chi connectivity index (χ4v) is 2.37. The number of hydrogen-bond donors (Lipinski definition) is 0. The van der Waals surface area contributed by atoms with E-state index in [4.69, 9.17) is 4.74 Å². The van der Waals surface area contributed by atoms with Crippen LogP contribution in [0.4, 0.5) is 10.1 Å². The molecule has 4 nitrogen and oxygen atoms in total. The largest absolute Gasteiger partial charge is 0.450 e. The summed E-state index contributed by atoms with van der Waals surface area (Å²) in [7, 11) is 0.